The van der Waals surface area contributed by atoms with Crippen LogP contribution in [0.2, 0.25) is 0 Å². The zero-order valence-electron chi connectivity index (χ0n) is 9.79. The van der Waals surface area contributed by atoms with Crippen molar-refractivity contribution < 1.29 is 9.53 Å². The molecule has 0 aromatic rings. The maximum Gasteiger partial charge on any atom is 0.309 e. The minimum atomic E-state index is 0.124. The standard InChI is InChI=1S/C14H18O2/c1-2-16-11(15)9-5-8-10-6-12(10)3-4-13(12)7-14(8,9)13/h8-10H,2-7H2,1H3/t8-,9+,10+,12?,13?,14-/m0/s1. The zero-order valence-corrected chi connectivity index (χ0v) is 9.79. The summed E-state index contributed by atoms with van der Waals surface area (Å²) >= 11 is 0. The summed E-state index contributed by atoms with van der Waals surface area (Å²) in [5, 5.41) is 0. The van der Waals surface area contributed by atoms with E-state index in [2.05, 4.69) is 0 Å². The molecule has 0 heterocycles. The first kappa shape index (κ1) is 8.54. The molecule has 0 radical (unpaired) electrons. The molecule has 2 unspecified atom stereocenters. The quantitative estimate of drug-likeness (QED) is 0.665. The Hall–Kier alpha value is -0.530. The lowest BCUT2D eigenvalue weighted by molar-refractivity contribution is -0.162. The molecule has 5 aliphatic carbocycles. The second-order valence-electron chi connectivity index (χ2n) is 6.91. The van der Waals surface area contributed by atoms with E-state index in [-0.39, 0.29) is 5.97 Å². The fraction of sp³-hybridized carbons (Fsp3) is 0.929. The summed E-state index contributed by atoms with van der Waals surface area (Å²) in [6, 6.07) is 0. The van der Waals surface area contributed by atoms with Gasteiger partial charge in [0.1, 0.15) is 0 Å². The van der Waals surface area contributed by atoms with Crippen molar-refractivity contribution in [3.63, 3.8) is 0 Å². The van der Waals surface area contributed by atoms with Gasteiger partial charge in [-0.15, -0.1) is 0 Å². The topological polar surface area (TPSA) is 26.3 Å². The van der Waals surface area contributed by atoms with Crippen molar-refractivity contribution >= 4 is 5.97 Å². The van der Waals surface area contributed by atoms with E-state index in [1.54, 1.807) is 0 Å². The summed E-state index contributed by atoms with van der Waals surface area (Å²) < 4.78 is 5.26. The summed E-state index contributed by atoms with van der Waals surface area (Å²) in [5.74, 6) is 2.37. The molecule has 16 heavy (non-hydrogen) atoms. The fourth-order valence-electron chi connectivity index (χ4n) is 6.65. The van der Waals surface area contributed by atoms with Crippen LogP contribution in [0.5, 0.6) is 0 Å². The molecule has 2 heteroatoms. The number of ether oxygens (including phenoxy) is 1. The van der Waals surface area contributed by atoms with Gasteiger partial charge in [0.05, 0.1) is 12.5 Å². The molecule has 0 aromatic heterocycles. The minimum Gasteiger partial charge on any atom is -0.466 e. The van der Waals surface area contributed by atoms with Gasteiger partial charge in [0.15, 0.2) is 0 Å². The van der Waals surface area contributed by atoms with Crippen LogP contribution < -0.4 is 0 Å². The van der Waals surface area contributed by atoms with Crippen LogP contribution in [0.1, 0.15) is 39.0 Å². The molecule has 5 rings (SSSR count). The maximum absolute atomic E-state index is 12.0. The largest absolute Gasteiger partial charge is 0.466 e. The van der Waals surface area contributed by atoms with Gasteiger partial charge < -0.3 is 4.74 Å². The van der Waals surface area contributed by atoms with E-state index < -0.39 is 0 Å². The Morgan fingerprint density at radius 2 is 2.25 bits per heavy atom. The number of hydrogen-bond donors (Lipinski definition) is 0. The van der Waals surface area contributed by atoms with E-state index in [0.717, 1.165) is 23.7 Å². The Morgan fingerprint density at radius 1 is 1.38 bits per heavy atom. The molecule has 0 aliphatic heterocycles. The van der Waals surface area contributed by atoms with Crippen LogP contribution in [0.3, 0.4) is 0 Å². The van der Waals surface area contributed by atoms with Crippen molar-refractivity contribution in [3.8, 4) is 0 Å². The van der Waals surface area contributed by atoms with E-state index in [9.17, 15) is 4.79 Å². The van der Waals surface area contributed by atoms with Gasteiger partial charge in [-0.2, -0.15) is 0 Å². The third-order valence-corrected chi connectivity index (χ3v) is 7.27. The van der Waals surface area contributed by atoms with E-state index in [1.807, 2.05) is 6.92 Å². The second kappa shape index (κ2) is 1.97. The van der Waals surface area contributed by atoms with Crippen LogP contribution in [0, 0.1) is 34.0 Å². The van der Waals surface area contributed by atoms with Crippen molar-refractivity contribution in [1.82, 2.24) is 0 Å². The van der Waals surface area contributed by atoms with E-state index >= 15 is 0 Å². The van der Waals surface area contributed by atoms with Gasteiger partial charge in [0.2, 0.25) is 0 Å². The average Bonchev–Trinajstić information content (AvgIpc) is 3.07. The molecule has 0 bridgehead atoms. The fourth-order valence-corrected chi connectivity index (χ4v) is 6.65. The van der Waals surface area contributed by atoms with Gasteiger partial charge in [0, 0.05) is 0 Å². The van der Waals surface area contributed by atoms with Gasteiger partial charge in [-0.1, -0.05) is 0 Å². The van der Waals surface area contributed by atoms with Crippen molar-refractivity contribution in [1.29, 1.82) is 0 Å². The predicted molar refractivity (Wildman–Crippen MR) is 57.5 cm³/mol. The van der Waals surface area contributed by atoms with Gasteiger partial charge in [-0.3, -0.25) is 4.79 Å². The zero-order chi connectivity index (χ0) is 10.8. The lowest BCUT2D eigenvalue weighted by atomic mass is 9.56. The normalized spacial score (nSPS) is 66.4. The molecule has 0 amide bonds. The van der Waals surface area contributed by atoms with Crippen LogP contribution in [0.4, 0.5) is 0 Å². The summed E-state index contributed by atoms with van der Waals surface area (Å²) in [6.07, 6.45) is 6.95. The van der Waals surface area contributed by atoms with Gasteiger partial charge in [-0.25, -0.2) is 0 Å². The second-order valence-corrected chi connectivity index (χ2v) is 6.91. The Balaban J connectivity index is 1.51. The first-order valence-electron chi connectivity index (χ1n) is 6.88. The molecule has 0 N–H and O–H groups in total. The van der Waals surface area contributed by atoms with Crippen LogP contribution in [0.15, 0.2) is 0 Å². The minimum absolute atomic E-state index is 0.124. The van der Waals surface area contributed by atoms with Gasteiger partial charge >= 0.3 is 5.97 Å². The number of carbonyl (C=O) groups excluding carboxylic acids is 1. The van der Waals surface area contributed by atoms with Crippen molar-refractivity contribution in [2.24, 2.45) is 34.0 Å². The molecule has 0 saturated heterocycles. The van der Waals surface area contributed by atoms with Gasteiger partial charge in [0.25, 0.3) is 0 Å². The number of esters is 1. The highest BCUT2D eigenvalue weighted by Crippen LogP contribution is 3.04. The summed E-state index contributed by atoms with van der Waals surface area (Å²) in [6.45, 7) is 2.48. The molecule has 86 valence electrons. The Labute approximate surface area is 95.7 Å². The first-order valence-corrected chi connectivity index (χ1v) is 6.88. The van der Waals surface area contributed by atoms with Crippen LogP contribution in [0.25, 0.3) is 0 Å². The number of carbonyl (C=O) groups is 1. The number of fused-ring (bicyclic) bond motifs is 1. The third-order valence-electron chi connectivity index (χ3n) is 7.27. The summed E-state index contributed by atoms with van der Waals surface area (Å²) in [5.41, 5.74) is 1.89. The molecule has 2 nitrogen and oxygen atoms in total. The lowest BCUT2D eigenvalue weighted by Crippen LogP contribution is -2.47. The molecule has 5 saturated carbocycles. The highest BCUT2D eigenvalue weighted by atomic mass is 16.5. The van der Waals surface area contributed by atoms with Crippen LogP contribution >= 0.6 is 0 Å². The number of hydrogen-bond acceptors (Lipinski definition) is 2. The first-order chi connectivity index (χ1) is 7.72. The average molecular weight is 218 g/mol. The van der Waals surface area contributed by atoms with Crippen molar-refractivity contribution in [2.45, 2.75) is 39.0 Å². The monoisotopic (exact) mass is 218 g/mol. The SMILES string of the molecule is CCOC(=O)[C@H]1C[C@H]2[C@H]3CC34CCC43C[C@@]123. The van der Waals surface area contributed by atoms with Crippen molar-refractivity contribution in [3.05, 3.63) is 0 Å². The molecule has 3 spiro atoms. The van der Waals surface area contributed by atoms with E-state index in [1.165, 1.54) is 25.7 Å². The molecular weight excluding hydrogens is 200 g/mol. The maximum atomic E-state index is 12.0. The summed E-state index contributed by atoms with van der Waals surface area (Å²) in [4.78, 5) is 12.0. The van der Waals surface area contributed by atoms with Gasteiger partial charge in [-0.05, 0) is 67.1 Å². The highest BCUT2D eigenvalue weighted by molar-refractivity contribution is 5.77. The Kier molecular flexibility index (Phi) is 1.05. The van der Waals surface area contributed by atoms with Crippen LogP contribution in [-0.4, -0.2) is 12.6 Å². The highest BCUT2D eigenvalue weighted by Gasteiger charge is 2.99. The van der Waals surface area contributed by atoms with Crippen molar-refractivity contribution in [2.75, 3.05) is 6.61 Å². The third kappa shape index (κ3) is 0.504. The molecule has 0 aromatic carbocycles. The van der Waals surface area contributed by atoms with E-state index in [4.69, 9.17) is 4.74 Å². The molecular formula is C14H18O2. The Morgan fingerprint density at radius 3 is 2.94 bits per heavy atom. The Bertz CT molecular complexity index is 430. The molecule has 6 atom stereocenters. The molecule has 5 fully saturated rings. The predicted octanol–water partition coefficient (Wildman–Crippen LogP) is 2.38. The molecule has 5 aliphatic rings. The smallest absolute Gasteiger partial charge is 0.309 e. The summed E-state index contributed by atoms with van der Waals surface area (Å²) in [7, 11) is 0. The van der Waals surface area contributed by atoms with E-state index in [0.29, 0.717) is 23.4 Å². The number of rotatable bonds is 2. The van der Waals surface area contributed by atoms with Crippen LogP contribution in [-0.2, 0) is 9.53 Å². The lowest BCUT2D eigenvalue weighted by Gasteiger charge is -2.47.